The van der Waals surface area contributed by atoms with E-state index in [-0.39, 0.29) is 6.04 Å². The molecule has 2 aliphatic rings. The van der Waals surface area contributed by atoms with Crippen molar-refractivity contribution in [2.24, 2.45) is 0 Å². The molecule has 1 unspecified atom stereocenters. The highest BCUT2D eigenvalue weighted by atomic mass is 32.2. The molecule has 0 aromatic carbocycles. The van der Waals surface area contributed by atoms with Gasteiger partial charge in [-0.15, -0.1) is 0 Å². The van der Waals surface area contributed by atoms with E-state index >= 15 is 0 Å². The third-order valence-corrected chi connectivity index (χ3v) is 4.69. The standard InChI is InChI=1S/C13H24N2OS/c1-10(2)14-12-4-3-7-15(13(12)16)11-5-8-17-9-6-11/h10-12,14H,3-9H2,1-2H3. The number of carbonyl (C=O) groups excluding carboxylic acids is 1. The van der Waals surface area contributed by atoms with Crippen LogP contribution in [0, 0.1) is 0 Å². The average molecular weight is 256 g/mol. The SMILES string of the molecule is CC(C)NC1CCCN(C2CCSCC2)C1=O. The van der Waals surface area contributed by atoms with Gasteiger partial charge in [-0.1, -0.05) is 13.8 Å². The Balaban J connectivity index is 1.95. The Morgan fingerprint density at radius 1 is 1.29 bits per heavy atom. The number of carbonyl (C=O) groups is 1. The van der Waals surface area contributed by atoms with Crippen LogP contribution in [0.2, 0.25) is 0 Å². The van der Waals surface area contributed by atoms with Gasteiger partial charge in [0.05, 0.1) is 6.04 Å². The highest BCUT2D eigenvalue weighted by molar-refractivity contribution is 7.99. The molecule has 0 radical (unpaired) electrons. The lowest BCUT2D eigenvalue weighted by Gasteiger charge is -2.40. The van der Waals surface area contributed by atoms with Gasteiger partial charge in [-0.25, -0.2) is 0 Å². The molecule has 4 heteroatoms. The number of thioether (sulfide) groups is 1. The van der Waals surface area contributed by atoms with Crippen LogP contribution in [-0.2, 0) is 4.79 Å². The normalized spacial score (nSPS) is 27.8. The average Bonchev–Trinajstić information content (AvgIpc) is 2.32. The summed E-state index contributed by atoms with van der Waals surface area (Å²) in [5.41, 5.74) is 0. The summed E-state index contributed by atoms with van der Waals surface area (Å²) < 4.78 is 0. The molecule has 1 atom stereocenters. The molecular formula is C13H24N2OS. The largest absolute Gasteiger partial charge is 0.338 e. The van der Waals surface area contributed by atoms with E-state index in [0.717, 1.165) is 19.4 Å². The Labute approximate surface area is 109 Å². The monoisotopic (exact) mass is 256 g/mol. The van der Waals surface area contributed by atoms with Gasteiger partial charge in [0.1, 0.15) is 0 Å². The number of amides is 1. The molecule has 0 aliphatic carbocycles. The Hall–Kier alpha value is -0.220. The molecule has 2 aliphatic heterocycles. The molecule has 1 N–H and O–H groups in total. The van der Waals surface area contributed by atoms with Gasteiger partial charge in [0, 0.05) is 18.6 Å². The van der Waals surface area contributed by atoms with E-state index in [1.54, 1.807) is 0 Å². The van der Waals surface area contributed by atoms with E-state index in [9.17, 15) is 4.79 Å². The molecule has 0 spiro atoms. The fourth-order valence-electron chi connectivity index (χ4n) is 2.82. The minimum Gasteiger partial charge on any atom is -0.338 e. The number of hydrogen-bond donors (Lipinski definition) is 1. The summed E-state index contributed by atoms with van der Waals surface area (Å²) in [5, 5.41) is 3.40. The van der Waals surface area contributed by atoms with Crippen LogP contribution in [0.15, 0.2) is 0 Å². The summed E-state index contributed by atoms with van der Waals surface area (Å²) in [4.78, 5) is 14.6. The number of likely N-dealkylation sites (tertiary alicyclic amines) is 1. The minimum atomic E-state index is 0.0679. The van der Waals surface area contributed by atoms with Crippen LogP contribution in [0.3, 0.4) is 0 Å². The van der Waals surface area contributed by atoms with Crippen molar-refractivity contribution in [2.45, 2.75) is 57.7 Å². The first kappa shape index (κ1) is 13.2. The first-order chi connectivity index (χ1) is 8.18. The second-order valence-electron chi connectivity index (χ2n) is 5.39. The summed E-state index contributed by atoms with van der Waals surface area (Å²) in [6.07, 6.45) is 4.53. The third-order valence-electron chi connectivity index (χ3n) is 3.64. The van der Waals surface area contributed by atoms with Gasteiger partial charge in [-0.2, -0.15) is 11.8 Å². The predicted molar refractivity (Wildman–Crippen MR) is 73.4 cm³/mol. The van der Waals surface area contributed by atoms with Crippen LogP contribution in [0.5, 0.6) is 0 Å². The quantitative estimate of drug-likeness (QED) is 0.836. The summed E-state index contributed by atoms with van der Waals surface area (Å²) in [5.74, 6) is 2.79. The fourth-order valence-corrected chi connectivity index (χ4v) is 3.90. The number of piperidine rings is 1. The molecular weight excluding hydrogens is 232 g/mol. The van der Waals surface area contributed by atoms with Crippen molar-refractivity contribution in [3.8, 4) is 0 Å². The molecule has 2 fully saturated rings. The highest BCUT2D eigenvalue weighted by Crippen LogP contribution is 2.25. The van der Waals surface area contributed by atoms with Gasteiger partial charge in [0.25, 0.3) is 0 Å². The second kappa shape index (κ2) is 6.10. The summed E-state index contributed by atoms with van der Waals surface area (Å²) >= 11 is 2.02. The van der Waals surface area contributed by atoms with Gasteiger partial charge in [0.15, 0.2) is 0 Å². The van der Waals surface area contributed by atoms with Crippen LogP contribution in [0.25, 0.3) is 0 Å². The highest BCUT2D eigenvalue weighted by Gasteiger charge is 2.33. The molecule has 3 nitrogen and oxygen atoms in total. The smallest absolute Gasteiger partial charge is 0.239 e. The lowest BCUT2D eigenvalue weighted by molar-refractivity contribution is -0.138. The van der Waals surface area contributed by atoms with E-state index in [1.807, 2.05) is 11.8 Å². The molecule has 2 heterocycles. The molecule has 17 heavy (non-hydrogen) atoms. The van der Waals surface area contributed by atoms with Crippen molar-refractivity contribution < 1.29 is 4.79 Å². The van der Waals surface area contributed by atoms with Gasteiger partial charge in [-0.05, 0) is 37.2 Å². The lowest BCUT2D eigenvalue weighted by Crippen LogP contribution is -2.55. The molecule has 2 saturated heterocycles. The van der Waals surface area contributed by atoms with Gasteiger partial charge < -0.3 is 10.2 Å². The van der Waals surface area contributed by atoms with E-state index in [2.05, 4.69) is 24.1 Å². The number of rotatable bonds is 3. The zero-order chi connectivity index (χ0) is 12.3. The topological polar surface area (TPSA) is 32.3 Å². The summed E-state index contributed by atoms with van der Waals surface area (Å²) in [7, 11) is 0. The predicted octanol–water partition coefficient (Wildman–Crippen LogP) is 1.87. The van der Waals surface area contributed by atoms with Crippen molar-refractivity contribution in [1.82, 2.24) is 10.2 Å². The van der Waals surface area contributed by atoms with Gasteiger partial charge in [-0.3, -0.25) is 4.79 Å². The first-order valence-corrected chi connectivity index (χ1v) is 7.98. The molecule has 1 amide bonds. The van der Waals surface area contributed by atoms with Crippen molar-refractivity contribution in [2.75, 3.05) is 18.1 Å². The zero-order valence-electron chi connectivity index (χ0n) is 10.9. The van der Waals surface area contributed by atoms with Crippen LogP contribution in [0.4, 0.5) is 0 Å². The Morgan fingerprint density at radius 3 is 2.65 bits per heavy atom. The maximum Gasteiger partial charge on any atom is 0.239 e. The first-order valence-electron chi connectivity index (χ1n) is 6.82. The summed E-state index contributed by atoms with van der Waals surface area (Å²) in [6.45, 7) is 5.21. The Kier molecular flexibility index (Phi) is 4.74. The van der Waals surface area contributed by atoms with Crippen LogP contribution < -0.4 is 5.32 Å². The van der Waals surface area contributed by atoms with E-state index < -0.39 is 0 Å². The molecule has 0 bridgehead atoms. The number of hydrogen-bond acceptors (Lipinski definition) is 3. The van der Waals surface area contributed by atoms with Crippen molar-refractivity contribution in [3.05, 3.63) is 0 Å². The maximum absolute atomic E-state index is 12.4. The lowest BCUT2D eigenvalue weighted by atomic mass is 9.99. The third kappa shape index (κ3) is 3.38. The van der Waals surface area contributed by atoms with Crippen LogP contribution in [-0.4, -0.2) is 47.0 Å². The molecule has 0 aromatic heterocycles. The minimum absolute atomic E-state index is 0.0679. The zero-order valence-corrected chi connectivity index (χ0v) is 11.8. The molecule has 98 valence electrons. The maximum atomic E-state index is 12.4. The second-order valence-corrected chi connectivity index (χ2v) is 6.62. The van der Waals surface area contributed by atoms with Crippen molar-refractivity contribution in [3.63, 3.8) is 0 Å². The van der Waals surface area contributed by atoms with Gasteiger partial charge >= 0.3 is 0 Å². The molecule has 0 saturated carbocycles. The molecule has 0 aromatic rings. The number of nitrogens with zero attached hydrogens (tertiary/aromatic N) is 1. The Bertz CT molecular complexity index is 264. The summed E-state index contributed by atoms with van der Waals surface area (Å²) in [6, 6.07) is 0.977. The van der Waals surface area contributed by atoms with Crippen LogP contribution in [0.1, 0.15) is 39.5 Å². The van der Waals surface area contributed by atoms with Gasteiger partial charge in [0.2, 0.25) is 5.91 Å². The van der Waals surface area contributed by atoms with Crippen molar-refractivity contribution in [1.29, 1.82) is 0 Å². The van der Waals surface area contributed by atoms with Crippen LogP contribution >= 0.6 is 11.8 Å². The van der Waals surface area contributed by atoms with E-state index in [0.29, 0.717) is 18.0 Å². The van der Waals surface area contributed by atoms with Crippen molar-refractivity contribution >= 4 is 17.7 Å². The molecule has 2 rings (SSSR count). The fraction of sp³-hybridized carbons (Fsp3) is 0.923. The van der Waals surface area contributed by atoms with E-state index in [1.165, 1.54) is 24.3 Å². The van der Waals surface area contributed by atoms with E-state index in [4.69, 9.17) is 0 Å². The Morgan fingerprint density at radius 2 is 2.00 bits per heavy atom. The number of nitrogens with one attached hydrogen (secondary N) is 1.